The van der Waals surface area contributed by atoms with Crippen LogP contribution in [0.5, 0.6) is 11.5 Å². The van der Waals surface area contributed by atoms with Crippen LogP contribution >= 0.6 is 0 Å². The first-order chi connectivity index (χ1) is 67.8. The average Bonchev–Trinajstić information content (AvgIpc) is 1.71. The Labute approximate surface area is 823 Å². The van der Waals surface area contributed by atoms with Crippen molar-refractivity contribution < 1.29 is 92.3 Å². The number of aromatic hydroxyl groups is 2. The van der Waals surface area contributed by atoms with Gasteiger partial charge in [0.25, 0.3) is 0 Å². The summed E-state index contributed by atoms with van der Waals surface area (Å²) in [6.45, 7) is 3.39. The van der Waals surface area contributed by atoms with Crippen molar-refractivity contribution in [1.82, 2.24) is 90.1 Å². The number of carbonyl (C=O) groups is 15. The number of phenols is 2. The minimum Gasteiger partial charge on any atom is -0.508 e. The number of aliphatic carboxylic acids is 2. The Morgan fingerprint density at radius 3 is 0.944 bits per heavy atom. The first kappa shape index (κ1) is 116. The minimum absolute atomic E-state index is 0.00739. The number of fused-ring (bicyclic) bond motifs is 1. The predicted molar refractivity (Wildman–Crippen MR) is 530 cm³/mol. The molecule has 5 aromatic carbocycles. The van der Waals surface area contributed by atoms with Gasteiger partial charge in [0.1, 0.15) is 90.5 Å². The number of phenolic OH excluding ortho intramolecular Hbond substituents is 2. The molecule has 46 heteroatoms. The van der Waals surface area contributed by atoms with E-state index < -0.39 is 193 Å². The second-order valence-corrected chi connectivity index (χ2v) is 35.0. The highest BCUT2D eigenvalue weighted by Crippen LogP contribution is 2.23. The first-order valence-corrected chi connectivity index (χ1v) is 47.5. The number of unbranched alkanes of at least 4 members (excludes halogenated alkanes) is 3. The number of amides is 13. The van der Waals surface area contributed by atoms with Crippen molar-refractivity contribution in [3.8, 4) is 11.5 Å². The number of aromatic nitrogens is 1. The highest BCUT2D eigenvalue weighted by Gasteiger charge is 2.39. The molecule has 1 heterocycles. The fourth-order valence-corrected chi connectivity index (χ4v) is 15.4. The van der Waals surface area contributed by atoms with Gasteiger partial charge in [-0.25, -0.2) is 0 Å². The number of aromatic amines is 1. The second-order valence-electron chi connectivity index (χ2n) is 35.0. The topological polar surface area (TPSA) is 799 Å². The number of rotatable bonds is 66. The van der Waals surface area contributed by atoms with E-state index in [1.54, 1.807) is 105 Å². The number of para-hydroxylation sites is 1. The van der Waals surface area contributed by atoms with Crippen LogP contribution in [0, 0.1) is 22.1 Å². The summed E-state index contributed by atoms with van der Waals surface area (Å²) >= 11 is 0. The molecule has 0 aliphatic heterocycles. The zero-order chi connectivity index (χ0) is 104. The third kappa shape index (κ3) is 43.1. The quantitative estimate of drug-likeness (QED) is 0.0107. The molecule has 6 aromatic rings. The molecule has 0 radical (unpaired) electrons. The molecular formula is C96H141N27O19. The molecule has 0 unspecified atom stereocenters. The molecule has 774 valence electrons. The van der Waals surface area contributed by atoms with Gasteiger partial charge in [-0.3, -0.25) is 88.1 Å². The van der Waals surface area contributed by atoms with E-state index in [2.05, 4.69) is 90.1 Å². The minimum atomic E-state index is -1.79. The van der Waals surface area contributed by atoms with Crippen LogP contribution < -0.4 is 125 Å². The van der Waals surface area contributed by atoms with E-state index in [1.165, 1.54) is 48.5 Å². The van der Waals surface area contributed by atoms with E-state index in [-0.39, 0.29) is 184 Å². The number of carboxylic acids is 2. The van der Waals surface area contributed by atoms with E-state index in [4.69, 9.17) is 56.4 Å². The molecule has 6 rings (SSSR count). The van der Waals surface area contributed by atoms with Crippen LogP contribution in [0.3, 0.4) is 0 Å². The van der Waals surface area contributed by atoms with Crippen LogP contribution in [0.4, 0.5) is 0 Å². The number of nitrogens with two attached hydrogens (primary N) is 7. The van der Waals surface area contributed by atoms with Crippen molar-refractivity contribution in [1.29, 1.82) is 16.2 Å². The summed E-state index contributed by atoms with van der Waals surface area (Å²) in [6, 6.07) is 15.5. The molecule has 46 nitrogen and oxygen atoms in total. The van der Waals surface area contributed by atoms with Gasteiger partial charge in [0.05, 0.1) is 6.04 Å². The third-order valence-electron chi connectivity index (χ3n) is 22.9. The van der Waals surface area contributed by atoms with Crippen molar-refractivity contribution in [2.45, 2.75) is 240 Å². The van der Waals surface area contributed by atoms with Crippen LogP contribution in [0.1, 0.15) is 157 Å². The van der Waals surface area contributed by atoms with Crippen molar-refractivity contribution >= 4 is 118 Å². The molecule has 0 saturated heterocycles. The summed E-state index contributed by atoms with van der Waals surface area (Å²) in [6.07, 6.45) is 0.176. The molecule has 38 N–H and O–H groups in total. The average molecular weight is 1980 g/mol. The molecular weight excluding hydrogens is 1840 g/mol. The zero-order valence-electron chi connectivity index (χ0n) is 80.0. The molecule has 1 aromatic heterocycles. The molecule has 13 amide bonds. The van der Waals surface area contributed by atoms with Crippen molar-refractivity contribution in [3.63, 3.8) is 0 Å². The van der Waals surface area contributed by atoms with Crippen molar-refractivity contribution in [3.05, 3.63) is 167 Å². The summed E-state index contributed by atoms with van der Waals surface area (Å²) in [5.41, 5.74) is 43.7. The van der Waals surface area contributed by atoms with Gasteiger partial charge in [0.2, 0.25) is 76.8 Å². The molecule has 0 aliphatic carbocycles. The Morgan fingerprint density at radius 1 is 0.317 bits per heavy atom. The van der Waals surface area contributed by atoms with Crippen LogP contribution in [-0.2, 0) is 104 Å². The van der Waals surface area contributed by atoms with Crippen LogP contribution in [0.2, 0.25) is 0 Å². The van der Waals surface area contributed by atoms with Gasteiger partial charge in [-0.1, -0.05) is 117 Å². The van der Waals surface area contributed by atoms with Gasteiger partial charge >= 0.3 is 11.9 Å². The van der Waals surface area contributed by atoms with Crippen LogP contribution in [-0.4, -0.2) is 256 Å². The van der Waals surface area contributed by atoms with Gasteiger partial charge in [0, 0.05) is 75.3 Å². The molecule has 142 heavy (non-hydrogen) atoms. The van der Waals surface area contributed by atoms with Gasteiger partial charge in [-0.05, 0) is 193 Å². The molecule has 0 spiro atoms. The third-order valence-corrected chi connectivity index (χ3v) is 22.9. The molecule has 0 fully saturated rings. The summed E-state index contributed by atoms with van der Waals surface area (Å²) in [4.78, 5) is 221. The Kier molecular flexibility index (Phi) is 50.6. The zero-order valence-corrected chi connectivity index (χ0v) is 80.0. The number of hydrogen-bond donors (Lipinski definition) is 31. The van der Waals surface area contributed by atoms with Gasteiger partial charge < -0.3 is 151 Å². The fraction of sp³-hybridized carbons (Fsp3) is 0.479. The standard InChI is InChI=1S/C96H141N27O19/c1-56(2)48-73(118-81(130)65(100)25-17-45-107-94(101)102)88(137)120-77(52-60-34-38-63(125)39-35-60)92(141)121-74(49-57-20-5-3-6-21-57)90(139)115-69(28-12-15-43-98)84(133)117-72(40-41-79(126)127)87(136)113-68(27-11-14-42-97)83(132)114-71(31-19-47-109-96(105)106)86(135)123-78(53-61-54-110-66-26-10-9-24-64(61)66)93(142)116-70(29-13-16-44-99)85(134)119-75(50-58-22-7-4-8-23-58)91(140)122-76(51-59-32-36-62(124)37-33-59)89(138)112-67(30-18-46-108-95(103)104)82(131)111-55-80(128)129/h3-10,20-24,26,32-39,54,56,65,67-78,110,124-125H,11-19,25,27-31,40-53,55,97-100H2,1-2H3,(H,111,131)(H,112,138)(H,113,136)(H,114,132)(H,115,139)(H,116,142)(H,117,133)(H,118,130)(H,119,134)(H,120,137)(H,121,141)(H,122,140)(H,123,135)(H,126,127)(H,128,129)(H4,101,102,107)(H4,103,104,108)(H4,105,106,109)/t65-,67+,68+,69-,70-,71-,72-,73+,74-,75+,76-,77+,78+/m0/s1. The lowest BCUT2D eigenvalue weighted by atomic mass is 9.99. The Balaban J connectivity index is 1.33. The maximum Gasteiger partial charge on any atom is 0.322 e. The summed E-state index contributed by atoms with van der Waals surface area (Å²) in [5.74, 6) is -16.5. The van der Waals surface area contributed by atoms with E-state index in [9.17, 15) is 49.2 Å². The first-order valence-electron chi connectivity index (χ1n) is 47.5. The summed E-state index contributed by atoms with van der Waals surface area (Å²) in [7, 11) is 0. The maximum atomic E-state index is 15.6. The second kappa shape index (κ2) is 62.1. The van der Waals surface area contributed by atoms with E-state index in [0.29, 0.717) is 58.0 Å². The normalized spacial score (nSPS) is 13.8. The lowest BCUT2D eigenvalue weighted by Gasteiger charge is -2.29. The monoisotopic (exact) mass is 1980 g/mol. The van der Waals surface area contributed by atoms with E-state index >= 15 is 43.2 Å². The highest BCUT2D eigenvalue weighted by molar-refractivity contribution is 6.01. The summed E-state index contributed by atoms with van der Waals surface area (Å²) < 4.78 is 0. The van der Waals surface area contributed by atoms with E-state index in [1.807, 2.05) is 0 Å². The Bertz CT molecular complexity index is 5130. The molecule has 0 saturated carbocycles. The van der Waals surface area contributed by atoms with Gasteiger partial charge in [-0.15, -0.1) is 0 Å². The number of guanidine groups is 3. The lowest BCUT2D eigenvalue weighted by Crippen LogP contribution is -2.61. The fourth-order valence-electron chi connectivity index (χ4n) is 15.4. The number of hydrogen-bond acceptors (Lipinski definition) is 24. The molecule has 13 atom stereocenters. The number of carboxylic acid groups (broad SMARTS) is 2. The van der Waals surface area contributed by atoms with E-state index in [0.717, 1.165) is 0 Å². The SMILES string of the molecule is CC(C)C[C@@H](NC(=O)[C@@H](N)CCCNC(=N)N)C(=O)N[C@H](Cc1ccc(O)cc1)C(=O)N[C@@H](Cc1ccccc1)C(=O)N[C@@H](CCCCN)C(=O)N[C@@H](CCC(=O)O)C(=O)N[C@H](CCCCN)C(=O)N[C@@H](CCCNC(=N)N)C(=O)N[C@H](Cc1c[nH]c2ccccc12)C(=O)N[C@@H](CCCCN)C(=O)N[C@H](Cc1ccccc1)C(=O)N[C@@H](Cc1ccc(O)cc1)C(=O)N[C@H](CCCNC(=N)N)C(=O)NCC(=O)O. The Morgan fingerprint density at radius 2 is 0.606 bits per heavy atom. The van der Waals surface area contributed by atoms with Crippen molar-refractivity contribution in [2.24, 2.45) is 46.1 Å². The number of carbonyl (C=O) groups excluding carboxylic acids is 13. The summed E-state index contributed by atoms with van der Waals surface area (Å²) in [5, 5.41) is 106. The van der Waals surface area contributed by atoms with Crippen molar-refractivity contribution in [2.75, 3.05) is 45.8 Å². The largest absolute Gasteiger partial charge is 0.508 e. The van der Waals surface area contributed by atoms with Gasteiger partial charge in [0.15, 0.2) is 17.9 Å². The Hall–Kier alpha value is -15.1. The molecule has 0 bridgehead atoms. The smallest absolute Gasteiger partial charge is 0.322 e. The lowest BCUT2D eigenvalue weighted by molar-refractivity contribution is -0.139. The van der Waals surface area contributed by atoms with Gasteiger partial charge in [-0.2, -0.15) is 0 Å². The molecule has 0 aliphatic rings. The number of nitrogens with one attached hydrogen (secondary N) is 20. The number of benzene rings is 5. The highest BCUT2D eigenvalue weighted by atomic mass is 16.4. The maximum absolute atomic E-state index is 15.6. The number of H-pyrrole nitrogens is 1. The van der Waals surface area contributed by atoms with Crippen LogP contribution in [0.15, 0.2) is 140 Å². The predicted octanol–water partition coefficient (Wildman–Crippen LogP) is -2.47. The van der Waals surface area contributed by atoms with Crippen LogP contribution in [0.25, 0.3) is 10.9 Å².